The van der Waals surface area contributed by atoms with Crippen molar-refractivity contribution in [1.82, 2.24) is 0 Å². The minimum Gasteiger partial charge on any atom is -0.399 e. The molecule has 0 fully saturated rings. The summed E-state index contributed by atoms with van der Waals surface area (Å²) in [7, 11) is 0. The molecule has 0 aromatic heterocycles. The molecule has 3 rings (SSSR count). The fraction of sp³-hybridized carbons (Fsp3) is 0. The van der Waals surface area contributed by atoms with Crippen molar-refractivity contribution >= 4 is 57.8 Å². The Bertz CT molecular complexity index is 956. The molecular formula is C20H15Cl2N3O2. The summed E-state index contributed by atoms with van der Waals surface area (Å²) in [6.45, 7) is 0. The number of halogens is 2. The molecule has 3 aromatic carbocycles. The molecule has 0 aliphatic heterocycles. The van der Waals surface area contributed by atoms with E-state index < -0.39 is 11.8 Å². The molecule has 7 heteroatoms. The highest BCUT2D eigenvalue weighted by atomic mass is 35.5. The Balaban J connectivity index is 1.92. The fourth-order valence-electron chi connectivity index (χ4n) is 2.50. The number of nitrogen functional groups attached to an aromatic ring is 1. The van der Waals surface area contributed by atoms with Crippen LogP contribution in [-0.2, 0) is 9.59 Å². The van der Waals surface area contributed by atoms with Crippen molar-refractivity contribution in [3.05, 3.63) is 82.8 Å². The third-order valence-corrected chi connectivity index (χ3v) is 4.12. The Morgan fingerprint density at radius 2 is 1.37 bits per heavy atom. The summed E-state index contributed by atoms with van der Waals surface area (Å²) >= 11 is 11.9. The number of carbonyl (C=O) groups is 2. The third kappa shape index (κ3) is 4.58. The van der Waals surface area contributed by atoms with Gasteiger partial charge in [-0.1, -0.05) is 41.4 Å². The number of nitrogens with two attached hydrogens (primary N) is 1. The molecule has 136 valence electrons. The monoisotopic (exact) mass is 399 g/mol. The van der Waals surface area contributed by atoms with Gasteiger partial charge >= 0.3 is 11.8 Å². The number of amides is 2. The Labute approximate surface area is 166 Å². The van der Waals surface area contributed by atoms with Crippen LogP contribution >= 0.6 is 23.2 Å². The van der Waals surface area contributed by atoms with E-state index in [0.717, 1.165) is 0 Å². The Hall–Kier alpha value is -3.02. The van der Waals surface area contributed by atoms with Gasteiger partial charge in [0, 0.05) is 32.8 Å². The standard InChI is InChI=1S/C20H15Cl2N3O2/c21-13-10-14(22)12-16(11-13)24-19(26)20(27)25(17-4-2-1-3-5-17)18-8-6-15(23)7-9-18/h1-12H,23H2,(H,24,26). The molecule has 0 bridgehead atoms. The number of benzene rings is 3. The minimum atomic E-state index is -0.825. The van der Waals surface area contributed by atoms with Gasteiger partial charge in [-0.2, -0.15) is 0 Å². The highest BCUT2D eigenvalue weighted by molar-refractivity contribution is 6.46. The van der Waals surface area contributed by atoms with Gasteiger partial charge in [-0.05, 0) is 54.6 Å². The topological polar surface area (TPSA) is 75.4 Å². The van der Waals surface area contributed by atoms with E-state index in [9.17, 15) is 9.59 Å². The van der Waals surface area contributed by atoms with Gasteiger partial charge in [0.15, 0.2) is 0 Å². The lowest BCUT2D eigenvalue weighted by Crippen LogP contribution is -2.36. The molecule has 0 saturated heterocycles. The number of carbonyl (C=O) groups excluding carboxylic acids is 2. The molecule has 0 spiro atoms. The smallest absolute Gasteiger partial charge is 0.321 e. The van der Waals surface area contributed by atoms with Gasteiger partial charge in [0.05, 0.1) is 0 Å². The van der Waals surface area contributed by atoms with E-state index in [0.29, 0.717) is 32.8 Å². The predicted molar refractivity (Wildman–Crippen MR) is 110 cm³/mol. The normalized spacial score (nSPS) is 10.3. The van der Waals surface area contributed by atoms with E-state index in [1.54, 1.807) is 48.5 Å². The van der Waals surface area contributed by atoms with Crippen molar-refractivity contribution in [2.75, 3.05) is 16.0 Å². The first-order valence-corrected chi connectivity index (χ1v) is 8.72. The van der Waals surface area contributed by atoms with Crippen LogP contribution in [0.3, 0.4) is 0 Å². The van der Waals surface area contributed by atoms with Gasteiger partial charge in [-0.3, -0.25) is 14.5 Å². The molecule has 5 nitrogen and oxygen atoms in total. The van der Waals surface area contributed by atoms with E-state index in [1.165, 1.54) is 23.1 Å². The Morgan fingerprint density at radius 3 is 1.96 bits per heavy atom. The first-order valence-electron chi connectivity index (χ1n) is 7.96. The summed E-state index contributed by atoms with van der Waals surface area (Å²) < 4.78 is 0. The van der Waals surface area contributed by atoms with Crippen LogP contribution in [0, 0.1) is 0 Å². The Morgan fingerprint density at radius 1 is 0.815 bits per heavy atom. The van der Waals surface area contributed by atoms with E-state index in [4.69, 9.17) is 28.9 Å². The molecule has 2 amide bonds. The van der Waals surface area contributed by atoms with Crippen LogP contribution in [0.1, 0.15) is 0 Å². The predicted octanol–water partition coefficient (Wildman–Crippen LogP) is 4.88. The number of hydrogen-bond donors (Lipinski definition) is 2. The highest BCUT2D eigenvalue weighted by Gasteiger charge is 2.25. The largest absolute Gasteiger partial charge is 0.399 e. The summed E-state index contributed by atoms with van der Waals surface area (Å²) in [5, 5.41) is 3.23. The molecule has 3 aromatic rings. The molecule has 0 heterocycles. The van der Waals surface area contributed by atoms with Crippen molar-refractivity contribution < 1.29 is 9.59 Å². The Kier molecular flexibility index (Phi) is 5.64. The van der Waals surface area contributed by atoms with Crippen molar-refractivity contribution in [3.8, 4) is 0 Å². The summed E-state index contributed by atoms with van der Waals surface area (Å²) in [4.78, 5) is 26.8. The number of para-hydroxylation sites is 1. The van der Waals surface area contributed by atoms with Crippen LogP contribution in [0.25, 0.3) is 0 Å². The highest BCUT2D eigenvalue weighted by Crippen LogP contribution is 2.27. The van der Waals surface area contributed by atoms with Crippen LogP contribution < -0.4 is 16.0 Å². The second-order valence-corrected chi connectivity index (χ2v) is 6.55. The van der Waals surface area contributed by atoms with E-state index in [1.807, 2.05) is 6.07 Å². The van der Waals surface area contributed by atoms with Crippen LogP contribution in [0.2, 0.25) is 10.0 Å². The van der Waals surface area contributed by atoms with Crippen LogP contribution in [0.15, 0.2) is 72.8 Å². The summed E-state index contributed by atoms with van der Waals surface area (Å²) in [6, 6.07) is 20.1. The zero-order valence-electron chi connectivity index (χ0n) is 14.0. The molecule has 0 atom stereocenters. The maximum atomic E-state index is 12.9. The lowest BCUT2D eigenvalue weighted by Gasteiger charge is -2.22. The van der Waals surface area contributed by atoms with Gasteiger partial charge in [-0.25, -0.2) is 0 Å². The van der Waals surface area contributed by atoms with Crippen molar-refractivity contribution in [3.63, 3.8) is 0 Å². The summed E-state index contributed by atoms with van der Waals surface area (Å²) in [6.07, 6.45) is 0. The number of hydrogen-bond acceptors (Lipinski definition) is 3. The van der Waals surface area contributed by atoms with E-state index >= 15 is 0 Å². The average molecular weight is 400 g/mol. The molecule has 0 unspecified atom stereocenters. The van der Waals surface area contributed by atoms with Gasteiger partial charge in [-0.15, -0.1) is 0 Å². The first-order chi connectivity index (χ1) is 12.9. The maximum Gasteiger partial charge on any atom is 0.321 e. The van der Waals surface area contributed by atoms with Gasteiger partial charge in [0.25, 0.3) is 0 Å². The molecule has 0 radical (unpaired) electrons. The molecule has 3 N–H and O–H groups in total. The van der Waals surface area contributed by atoms with Crippen LogP contribution in [0.4, 0.5) is 22.7 Å². The van der Waals surface area contributed by atoms with Crippen LogP contribution in [-0.4, -0.2) is 11.8 Å². The number of rotatable bonds is 3. The molecule has 0 saturated carbocycles. The van der Waals surface area contributed by atoms with E-state index in [2.05, 4.69) is 5.32 Å². The number of nitrogens with one attached hydrogen (secondary N) is 1. The lowest BCUT2D eigenvalue weighted by atomic mass is 10.2. The lowest BCUT2D eigenvalue weighted by molar-refractivity contribution is -0.134. The molecule has 27 heavy (non-hydrogen) atoms. The third-order valence-electron chi connectivity index (χ3n) is 3.68. The zero-order chi connectivity index (χ0) is 19.4. The van der Waals surface area contributed by atoms with Crippen LogP contribution in [0.5, 0.6) is 0 Å². The minimum absolute atomic E-state index is 0.330. The summed E-state index contributed by atoms with van der Waals surface area (Å²) in [5.41, 5.74) is 7.67. The average Bonchev–Trinajstić information content (AvgIpc) is 2.63. The second kappa shape index (κ2) is 8.12. The second-order valence-electron chi connectivity index (χ2n) is 5.68. The number of nitrogens with zero attached hydrogens (tertiary/aromatic N) is 1. The van der Waals surface area contributed by atoms with Gasteiger partial charge in [0.2, 0.25) is 0 Å². The quantitative estimate of drug-likeness (QED) is 0.486. The van der Waals surface area contributed by atoms with Gasteiger partial charge < -0.3 is 11.1 Å². The zero-order valence-corrected chi connectivity index (χ0v) is 15.5. The summed E-state index contributed by atoms with van der Waals surface area (Å²) in [5.74, 6) is -1.59. The number of anilines is 4. The van der Waals surface area contributed by atoms with Crippen molar-refractivity contribution in [2.45, 2.75) is 0 Å². The molecule has 0 aliphatic carbocycles. The van der Waals surface area contributed by atoms with Gasteiger partial charge in [0.1, 0.15) is 0 Å². The van der Waals surface area contributed by atoms with Crippen molar-refractivity contribution in [2.24, 2.45) is 0 Å². The van der Waals surface area contributed by atoms with E-state index in [-0.39, 0.29) is 0 Å². The SMILES string of the molecule is Nc1ccc(N(C(=O)C(=O)Nc2cc(Cl)cc(Cl)c2)c2ccccc2)cc1. The fourth-order valence-corrected chi connectivity index (χ4v) is 3.02. The molecule has 0 aliphatic rings. The maximum absolute atomic E-state index is 12.9. The van der Waals surface area contributed by atoms with Crippen molar-refractivity contribution in [1.29, 1.82) is 0 Å². The first kappa shape index (κ1) is 18.8. The molecular weight excluding hydrogens is 385 g/mol.